The van der Waals surface area contributed by atoms with Crippen molar-refractivity contribution in [3.63, 3.8) is 0 Å². The van der Waals surface area contributed by atoms with Crippen molar-refractivity contribution in [2.24, 2.45) is 5.10 Å². The van der Waals surface area contributed by atoms with Crippen LogP contribution >= 0.6 is 34.5 Å². The van der Waals surface area contributed by atoms with Gasteiger partial charge in [-0.2, -0.15) is 5.10 Å². The first-order valence-electron chi connectivity index (χ1n) is 12.0. The number of carbonyl (C=O) groups is 1. The van der Waals surface area contributed by atoms with E-state index in [1.165, 1.54) is 35.6 Å². The number of hydrazone groups is 1. The predicted molar refractivity (Wildman–Crippen MR) is 159 cm³/mol. The Morgan fingerprint density at radius 1 is 1.07 bits per heavy atom. The SMILES string of the molecule is COc1cc(C=NNC(=O)Cn2cnc3scc(-c4ccccc4)c3c2=O)ccc1OCc1c(Cl)cccc1Cl. The van der Waals surface area contributed by atoms with Crippen LogP contribution in [0.2, 0.25) is 10.0 Å². The average molecular weight is 593 g/mol. The van der Waals surface area contributed by atoms with Crippen LogP contribution in [0.4, 0.5) is 0 Å². The summed E-state index contributed by atoms with van der Waals surface area (Å²) in [6.07, 6.45) is 2.84. The minimum absolute atomic E-state index is 0.163. The van der Waals surface area contributed by atoms with Crippen LogP contribution in [0.3, 0.4) is 0 Å². The minimum atomic E-state index is -0.473. The Bertz CT molecular complexity index is 1750. The molecule has 0 aliphatic carbocycles. The van der Waals surface area contributed by atoms with E-state index in [2.05, 4.69) is 15.5 Å². The summed E-state index contributed by atoms with van der Waals surface area (Å²) in [4.78, 5) is 30.7. The third-order valence-corrected chi connectivity index (χ3v) is 7.58. The fourth-order valence-electron chi connectivity index (χ4n) is 3.98. The second kappa shape index (κ2) is 12.3. The van der Waals surface area contributed by atoms with Crippen LogP contribution in [0.15, 0.2) is 88.3 Å². The van der Waals surface area contributed by atoms with E-state index in [1.54, 1.807) is 36.4 Å². The number of fused-ring (bicyclic) bond motifs is 1. The molecule has 0 spiro atoms. The lowest BCUT2D eigenvalue weighted by atomic mass is 10.1. The highest BCUT2D eigenvalue weighted by Crippen LogP contribution is 2.32. The normalized spacial score (nSPS) is 11.2. The Kier molecular flexibility index (Phi) is 8.45. The van der Waals surface area contributed by atoms with Gasteiger partial charge in [-0.15, -0.1) is 11.3 Å². The number of nitrogens with zero attached hydrogens (tertiary/aromatic N) is 3. The highest BCUT2D eigenvalue weighted by atomic mass is 35.5. The molecular formula is C29H22Cl2N4O4S. The first kappa shape index (κ1) is 27.4. The number of methoxy groups -OCH3 is 1. The number of halogens is 2. The number of carbonyl (C=O) groups excluding carboxylic acids is 1. The number of amides is 1. The van der Waals surface area contributed by atoms with Crippen molar-refractivity contribution in [3.8, 4) is 22.6 Å². The number of hydrogen-bond acceptors (Lipinski definition) is 7. The number of nitrogens with one attached hydrogen (secondary N) is 1. The van der Waals surface area contributed by atoms with Crippen molar-refractivity contribution in [2.75, 3.05) is 7.11 Å². The molecule has 1 amide bonds. The fourth-order valence-corrected chi connectivity index (χ4v) is 5.40. The number of hydrogen-bond donors (Lipinski definition) is 1. The van der Waals surface area contributed by atoms with Crippen LogP contribution in [0.1, 0.15) is 11.1 Å². The zero-order chi connectivity index (χ0) is 28.1. The molecular weight excluding hydrogens is 571 g/mol. The Balaban J connectivity index is 1.24. The molecule has 0 aliphatic heterocycles. The van der Waals surface area contributed by atoms with Crippen LogP contribution in [-0.2, 0) is 17.9 Å². The van der Waals surface area contributed by atoms with Gasteiger partial charge in [0.25, 0.3) is 11.5 Å². The summed E-state index contributed by atoms with van der Waals surface area (Å²) in [7, 11) is 1.52. The lowest BCUT2D eigenvalue weighted by Crippen LogP contribution is -2.30. The molecule has 0 saturated heterocycles. The van der Waals surface area contributed by atoms with E-state index in [9.17, 15) is 9.59 Å². The molecule has 8 nitrogen and oxygen atoms in total. The molecule has 5 rings (SSSR count). The molecule has 40 heavy (non-hydrogen) atoms. The third kappa shape index (κ3) is 6.02. The van der Waals surface area contributed by atoms with Gasteiger partial charge in [-0.05, 0) is 41.5 Å². The van der Waals surface area contributed by atoms with Gasteiger partial charge >= 0.3 is 0 Å². The summed E-state index contributed by atoms with van der Waals surface area (Å²) in [5.41, 5.74) is 5.20. The maximum atomic E-state index is 13.2. The quantitative estimate of drug-likeness (QED) is 0.163. The molecule has 0 unspecified atom stereocenters. The number of thiophene rings is 1. The molecule has 0 radical (unpaired) electrons. The Morgan fingerprint density at radius 3 is 2.60 bits per heavy atom. The van der Waals surface area contributed by atoms with Gasteiger partial charge in [0.05, 0.1) is 25.0 Å². The Hall–Kier alpha value is -4.18. The molecule has 2 aromatic heterocycles. The molecule has 0 fully saturated rings. The van der Waals surface area contributed by atoms with Crippen LogP contribution in [0.25, 0.3) is 21.3 Å². The second-order valence-corrected chi connectivity index (χ2v) is 10.2. The molecule has 11 heteroatoms. The van der Waals surface area contributed by atoms with E-state index in [1.807, 2.05) is 35.7 Å². The van der Waals surface area contributed by atoms with Gasteiger partial charge in [0.2, 0.25) is 0 Å². The molecule has 0 bridgehead atoms. The van der Waals surface area contributed by atoms with E-state index in [4.69, 9.17) is 32.7 Å². The number of rotatable bonds is 9. The molecule has 3 aromatic carbocycles. The molecule has 0 saturated carbocycles. The molecule has 0 atom stereocenters. The van der Waals surface area contributed by atoms with E-state index in [-0.39, 0.29) is 18.7 Å². The van der Waals surface area contributed by atoms with Crippen molar-refractivity contribution in [1.82, 2.24) is 15.0 Å². The highest BCUT2D eigenvalue weighted by molar-refractivity contribution is 7.17. The second-order valence-electron chi connectivity index (χ2n) is 8.57. The minimum Gasteiger partial charge on any atom is -0.493 e. The largest absolute Gasteiger partial charge is 0.493 e. The molecule has 202 valence electrons. The van der Waals surface area contributed by atoms with Gasteiger partial charge in [-0.3, -0.25) is 14.2 Å². The van der Waals surface area contributed by atoms with Crippen LogP contribution in [0, 0.1) is 0 Å². The van der Waals surface area contributed by atoms with Crippen LogP contribution in [0.5, 0.6) is 11.5 Å². The first-order valence-corrected chi connectivity index (χ1v) is 13.7. The predicted octanol–water partition coefficient (Wildman–Crippen LogP) is 6.17. The smallest absolute Gasteiger partial charge is 0.263 e. The van der Waals surface area contributed by atoms with Crippen molar-refractivity contribution in [3.05, 3.63) is 110 Å². The van der Waals surface area contributed by atoms with Crippen molar-refractivity contribution >= 4 is 56.9 Å². The lowest BCUT2D eigenvalue weighted by molar-refractivity contribution is -0.121. The monoisotopic (exact) mass is 592 g/mol. The standard InChI is InChI=1S/C29H22Cl2N4O4S/c1-38-25-12-18(10-11-24(25)39-15-20-22(30)8-5-9-23(20)31)13-33-34-26(36)14-35-17-32-28-27(29(35)37)21(16-40-28)19-6-3-2-4-7-19/h2-13,16-17H,14-15H2,1H3,(H,34,36). The lowest BCUT2D eigenvalue weighted by Gasteiger charge is -2.13. The highest BCUT2D eigenvalue weighted by Gasteiger charge is 2.15. The summed E-state index contributed by atoms with van der Waals surface area (Å²) in [5, 5.41) is 7.43. The topological polar surface area (TPSA) is 94.8 Å². The summed E-state index contributed by atoms with van der Waals surface area (Å²) in [5.74, 6) is 0.485. The number of benzene rings is 3. The van der Waals surface area contributed by atoms with E-state index < -0.39 is 5.91 Å². The van der Waals surface area contributed by atoms with Crippen molar-refractivity contribution in [1.29, 1.82) is 0 Å². The van der Waals surface area contributed by atoms with Gasteiger partial charge < -0.3 is 9.47 Å². The van der Waals surface area contributed by atoms with Gasteiger partial charge in [0.15, 0.2) is 11.5 Å². The summed E-state index contributed by atoms with van der Waals surface area (Å²) >= 11 is 13.8. The fraction of sp³-hybridized carbons (Fsp3) is 0.103. The van der Waals surface area contributed by atoms with Gasteiger partial charge in [-0.1, -0.05) is 59.6 Å². The maximum absolute atomic E-state index is 13.2. The van der Waals surface area contributed by atoms with Gasteiger partial charge in [-0.25, -0.2) is 10.4 Å². The van der Waals surface area contributed by atoms with Crippen LogP contribution in [-0.4, -0.2) is 28.8 Å². The van der Waals surface area contributed by atoms with Crippen molar-refractivity contribution in [2.45, 2.75) is 13.2 Å². The Morgan fingerprint density at radius 2 is 1.85 bits per heavy atom. The summed E-state index contributed by atoms with van der Waals surface area (Å²) in [6.45, 7) is -0.0690. The van der Waals surface area contributed by atoms with E-state index >= 15 is 0 Å². The maximum Gasteiger partial charge on any atom is 0.263 e. The zero-order valence-electron chi connectivity index (χ0n) is 21.1. The van der Waals surface area contributed by atoms with E-state index in [0.717, 1.165) is 11.1 Å². The molecule has 1 N–H and O–H groups in total. The van der Waals surface area contributed by atoms with Gasteiger partial charge in [0, 0.05) is 26.6 Å². The Labute approximate surface area is 243 Å². The average Bonchev–Trinajstić information content (AvgIpc) is 3.40. The van der Waals surface area contributed by atoms with E-state index in [0.29, 0.717) is 42.9 Å². The number of aromatic nitrogens is 2. The van der Waals surface area contributed by atoms with Crippen LogP contribution < -0.4 is 20.5 Å². The van der Waals surface area contributed by atoms with Crippen molar-refractivity contribution < 1.29 is 14.3 Å². The summed E-state index contributed by atoms with van der Waals surface area (Å²) < 4.78 is 12.6. The molecule has 5 aromatic rings. The molecule has 2 heterocycles. The zero-order valence-corrected chi connectivity index (χ0v) is 23.5. The molecule has 0 aliphatic rings. The summed E-state index contributed by atoms with van der Waals surface area (Å²) in [6, 6.07) is 20.0. The number of ether oxygens (including phenoxy) is 2. The first-order chi connectivity index (χ1) is 19.4. The third-order valence-electron chi connectivity index (χ3n) is 5.98. The van der Waals surface area contributed by atoms with Gasteiger partial charge in [0.1, 0.15) is 18.0 Å².